The molecular weight excluding hydrogens is 345 g/mol. The smallest absolute Gasteiger partial charge is 0.145 e. The van der Waals surface area contributed by atoms with Crippen molar-refractivity contribution in [2.45, 2.75) is 31.8 Å². The van der Waals surface area contributed by atoms with Crippen molar-refractivity contribution in [1.82, 2.24) is 24.9 Å². The van der Waals surface area contributed by atoms with Gasteiger partial charge in [0.05, 0.1) is 17.1 Å². The fourth-order valence-corrected chi connectivity index (χ4v) is 4.61. The summed E-state index contributed by atoms with van der Waals surface area (Å²) in [5.74, 6) is 0.338. The van der Waals surface area contributed by atoms with Crippen LogP contribution in [0.4, 0.5) is 4.39 Å². The van der Waals surface area contributed by atoms with E-state index in [4.69, 9.17) is 4.74 Å². The summed E-state index contributed by atoms with van der Waals surface area (Å²) in [7, 11) is 3.95. The van der Waals surface area contributed by atoms with E-state index < -0.39 is 0 Å². The predicted molar refractivity (Wildman–Crippen MR) is 99.4 cm³/mol. The predicted octanol–water partition coefficient (Wildman–Crippen LogP) is 2.98. The molecule has 0 N–H and O–H groups in total. The molecule has 4 rings (SSSR count). The molecule has 144 valence electrons. The molecule has 6 nitrogen and oxygen atoms in total. The number of hydrogen-bond donors (Lipinski definition) is 0. The fourth-order valence-electron chi connectivity index (χ4n) is 4.61. The van der Waals surface area contributed by atoms with Crippen molar-refractivity contribution in [1.29, 1.82) is 0 Å². The molecule has 0 spiro atoms. The van der Waals surface area contributed by atoms with Crippen LogP contribution in [0.3, 0.4) is 0 Å². The van der Waals surface area contributed by atoms with Gasteiger partial charge in [-0.2, -0.15) is 0 Å². The van der Waals surface area contributed by atoms with Gasteiger partial charge in [0.2, 0.25) is 0 Å². The van der Waals surface area contributed by atoms with E-state index in [9.17, 15) is 4.39 Å². The van der Waals surface area contributed by atoms with Crippen molar-refractivity contribution in [3.63, 3.8) is 0 Å². The van der Waals surface area contributed by atoms with E-state index in [1.165, 1.54) is 6.07 Å². The van der Waals surface area contributed by atoms with Crippen molar-refractivity contribution in [3.05, 3.63) is 53.5 Å². The van der Waals surface area contributed by atoms with Crippen LogP contribution in [0.15, 0.2) is 30.6 Å². The van der Waals surface area contributed by atoms with Crippen LogP contribution in [0.1, 0.15) is 41.9 Å². The first kappa shape index (κ1) is 18.1. The second-order valence-electron chi connectivity index (χ2n) is 7.67. The Morgan fingerprint density at radius 1 is 1.33 bits per heavy atom. The van der Waals surface area contributed by atoms with Crippen molar-refractivity contribution in [2.24, 2.45) is 18.9 Å². The molecule has 0 aromatic carbocycles. The van der Waals surface area contributed by atoms with Gasteiger partial charge < -0.3 is 9.64 Å². The molecule has 2 aliphatic heterocycles. The Bertz CT molecular complexity index is 816. The highest BCUT2D eigenvalue weighted by molar-refractivity contribution is 5.20. The number of nitrogens with zero attached hydrogens (tertiary/aromatic N) is 5. The monoisotopic (exact) mass is 371 g/mol. The lowest BCUT2D eigenvalue weighted by Gasteiger charge is -2.37. The van der Waals surface area contributed by atoms with Crippen LogP contribution in [0.2, 0.25) is 0 Å². The number of pyridine rings is 1. The summed E-state index contributed by atoms with van der Waals surface area (Å²) in [4.78, 5) is 6.61. The summed E-state index contributed by atoms with van der Waals surface area (Å²) in [6.07, 6.45) is 7.62. The highest BCUT2D eigenvalue weighted by atomic mass is 19.1. The van der Waals surface area contributed by atoms with Gasteiger partial charge in [0.15, 0.2) is 0 Å². The van der Waals surface area contributed by atoms with Gasteiger partial charge in [-0.15, -0.1) is 5.10 Å². The van der Waals surface area contributed by atoms with Gasteiger partial charge in [-0.05, 0) is 44.0 Å². The zero-order chi connectivity index (χ0) is 19.0. The molecule has 0 bridgehead atoms. The molecule has 0 amide bonds. The standard InChI is InChI=1S/C20H26FN5O/c1-13-20(26(3)24-23-13)17-11-14(7-10-27-17)18(15-6-9-25(2)12-15)19-16(21)5-4-8-22-19/h4-6,8-9,14-15,17-18H,7,10-12H2,1-3H3. The van der Waals surface area contributed by atoms with Gasteiger partial charge in [-0.25, -0.2) is 9.07 Å². The normalized spacial score (nSPS) is 26.5. The minimum absolute atomic E-state index is 0.0280. The van der Waals surface area contributed by atoms with E-state index in [-0.39, 0.29) is 29.7 Å². The maximum Gasteiger partial charge on any atom is 0.145 e. The summed E-state index contributed by atoms with van der Waals surface area (Å²) in [6.45, 7) is 3.49. The first-order chi connectivity index (χ1) is 13.0. The van der Waals surface area contributed by atoms with Gasteiger partial charge in [-0.3, -0.25) is 4.98 Å². The molecule has 0 aliphatic carbocycles. The van der Waals surface area contributed by atoms with Crippen LogP contribution < -0.4 is 0 Å². The molecule has 7 heteroatoms. The Labute approximate surface area is 159 Å². The Balaban J connectivity index is 1.66. The lowest BCUT2D eigenvalue weighted by atomic mass is 9.74. The van der Waals surface area contributed by atoms with Crippen molar-refractivity contribution in [2.75, 3.05) is 20.2 Å². The van der Waals surface area contributed by atoms with Gasteiger partial charge in [0, 0.05) is 45.3 Å². The molecule has 1 fully saturated rings. The Hall–Kier alpha value is -2.28. The summed E-state index contributed by atoms with van der Waals surface area (Å²) in [6, 6.07) is 3.17. The van der Waals surface area contributed by atoms with Gasteiger partial charge >= 0.3 is 0 Å². The zero-order valence-corrected chi connectivity index (χ0v) is 16.0. The van der Waals surface area contributed by atoms with Crippen LogP contribution >= 0.6 is 0 Å². The van der Waals surface area contributed by atoms with Crippen molar-refractivity contribution in [3.8, 4) is 0 Å². The Kier molecular flexibility index (Phi) is 4.95. The van der Waals surface area contributed by atoms with E-state index in [2.05, 4.69) is 39.5 Å². The topological polar surface area (TPSA) is 56.1 Å². The van der Waals surface area contributed by atoms with Gasteiger partial charge in [0.25, 0.3) is 0 Å². The average molecular weight is 371 g/mol. The molecule has 2 aromatic heterocycles. The molecule has 1 saturated heterocycles. The molecule has 4 unspecified atom stereocenters. The molecule has 0 radical (unpaired) electrons. The lowest BCUT2D eigenvalue weighted by molar-refractivity contribution is -0.0247. The summed E-state index contributed by atoms with van der Waals surface area (Å²) in [5, 5.41) is 8.28. The quantitative estimate of drug-likeness (QED) is 0.827. The lowest BCUT2D eigenvalue weighted by Crippen LogP contribution is -2.32. The molecule has 2 aromatic rings. The number of hydrogen-bond acceptors (Lipinski definition) is 5. The maximum absolute atomic E-state index is 14.7. The number of rotatable bonds is 4. The Morgan fingerprint density at radius 2 is 2.19 bits per heavy atom. The van der Waals surface area contributed by atoms with Crippen LogP contribution in [0, 0.1) is 24.6 Å². The maximum atomic E-state index is 14.7. The number of ether oxygens (including phenoxy) is 1. The number of aryl methyl sites for hydroxylation is 2. The summed E-state index contributed by atoms with van der Waals surface area (Å²) < 4.78 is 22.6. The van der Waals surface area contributed by atoms with E-state index in [1.54, 1.807) is 16.9 Å². The van der Waals surface area contributed by atoms with Crippen LogP contribution in [0.25, 0.3) is 0 Å². The third kappa shape index (κ3) is 3.48. The van der Waals surface area contributed by atoms with Crippen LogP contribution in [-0.2, 0) is 11.8 Å². The Morgan fingerprint density at radius 3 is 2.85 bits per heavy atom. The molecule has 4 atom stereocenters. The summed E-state index contributed by atoms with van der Waals surface area (Å²) in [5.41, 5.74) is 2.48. The molecule has 27 heavy (non-hydrogen) atoms. The third-order valence-corrected chi connectivity index (χ3v) is 5.84. The van der Waals surface area contributed by atoms with Crippen LogP contribution in [0.5, 0.6) is 0 Å². The molecular formula is C20H26FN5O. The van der Waals surface area contributed by atoms with Crippen LogP contribution in [-0.4, -0.2) is 45.1 Å². The first-order valence-corrected chi connectivity index (χ1v) is 9.51. The highest BCUT2D eigenvalue weighted by Crippen LogP contribution is 2.44. The van der Waals surface area contributed by atoms with Gasteiger partial charge in [0.1, 0.15) is 11.9 Å². The summed E-state index contributed by atoms with van der Waals surface area (Å²) >= 11 is 0. The fraction of sp³-hybridized carbons (Fsp3) is 0.550. The van der Waals surface area contributed by atoms with E-state index in [0.717, 1.165) is 30.8 Å². The highest BCUT2D eigenvalue weighted by Gasteiger charge is 2.39. The van der Waals surface area contributed by atoms with E-state index in [1.807, 2.05) is 14.0 Å². The average Bonchev–Trinajstić information content (AvgIpc) is 3.22. The van der Waals surface area contributed by atoms with Crippen molar-refractivity contribution >= 4 is 0 Å². The first-order valence-electron chi connectivity index (χ1n) is 9.51. The van der Waals surface area contributed by atoms with Crippen molar-refractivity contribution < 1.29 is 9.13 Å². The van der Waals surface area contributed by atoms with Gasteiger partial charge in [-0.1, -0.05) is 11.3 Å². The molecule has 0 saturated carbocycles. The minimum atomic E-state index is -0.216. The second-order valence-corrected chi connectivity index (χ2v) is 7.67. The van der Waals surface area contributed by atoms with E-state index in [0.29, 0.717) is 12.3 Å². The third-order valence-electron chi connectivity index (χ3n) is 5.84. The minimum Gasteiger partial charge on any atom is -0.380 e. The molecule has 4 heterocycles. The van der Waals surface area contributed by atoms with E-state index >= 15 is 0 Å². The largest absolute Gasteiger partial charge is 0.380 e. The second kappa shape index (κ2) is 7.38. The molecule has 2 aliphatic rings. The number of aromatic nitrogens is 4. The zero-order valence-electron chi connectivity index (χ0n) is 16.0. The SMILES string of the molecule is Cc1nnn(C)c1C1CC(C(c2ncccc2F)C2C=CN(C)C2)CCO1. The number of halogens is 1.